The molecule has 0 N–H and O–H groups in total. The predicted molar refractivity (Wildman–Crippen MR) is 75.4 cm³/mol. The van der Waals surface area contributed by atoms with Crippen molar-refractivity contribution in [3.8, 4) is 11.5 Å². The summed E-state index contributed by atoms with van der Waals surface area (Å²) in [7, 11) is 0. The lowest BCUT2D eigenvalue weighted by atomic mass is 10.2. The monoisotopic (exact) mass is 287 g/mol. The number of hydrogen-bond acceptors (Lipinski definition) is 5. The predicted octanol–water partition coefficient (Wildman–Crippen LogP) is 2.89. The zero-order chi connectivity index (χ0) is 15.2. The molecular weight excluding hydrogens is 274 g/mol. The van der Waals surface area contributed by atoms with E-state index in [-0.39, 0.29) is 12.3 Å². The Morgan fingerprint density at radius 1 is 1.14 bits per heavy atom. The first-order valence-electron chi connectivity index (χ1n) is 6.19. The maximum atomic E-state index is 11.6. The summed E-state index contributed by atoms with van der Waals surface area (Å²) in [6, 6.07) is 12.6. The molecule has 0 saturated heterocycles. The molecule has 0 fully saturated rings. The Balaban J connectivity index is 1.87. The average molecular weight is 287 g/mol. The second-order valence-electron chi connectivity index (χ2n) is 4.33. The SMILES string of the molecule is Cc1cccc(OC(=O)COc2ccc([N+](=O)[O-])cc2)c1. The van der Waals surface area contributed by atoms with E-state index >= 15 is 0 Å². The summed E-state index contributed by atoms with van der Waals surface area (Å²) in [5.41, 5.74) is 0.946. The van der Waals surface area contributed by atoms with Crippen LogP contribution in [0.4, 0.5) is 5.69 Å². The number of ether oxygens (including phenoxy) is 2. The van der Waals surface area contributed by atoms with Gasteiger partial charge < -0.3 is 9.47 Å². The molecule has 6 heteroatoms. The second-order valence-corrected chi connectivity index (χ2v) is 4.33. The standard InChI is InChI=1S/C15H13NO5/c1-11-3-2-4-14(9-11)21-15(17)10-20-13-7-5-12(6-8-13)16(18)19/h2-9H,10H2,1H3. The maximum Gasteiger partial charge on any atom is 0.349 e. The Morgan fingerprint density at radius 2 is 1.86 bits per heavy atom. The van der Waals surface area contributed by atoms with Crippen molar-refractivity contribution >= 4 is 11.7 Å². The molecule has 0 atom stereocenters. The molecule has 0 spiro atoms. The first-order valence-corrected chi connectivity index (χ1v) is 6.19. The van der Waals surface area contributed by atoms with Crippen molar-refractivity contribution in [1.29, 1.82) is 0 Å². The van der Waals surface area contributed by atoms with Crippen LogP contribution >= 0.6 is 0 Å². The third-order valence-corrected chi connectivity index (χ3v) is 2.63. The molecule has 0 aliphatic carbocycles. The highest BCUT2D eigenvalue weighted by Crippen LogP contribution is 2.17. The Hall–Kier alpha value is -2.89. The molecule has 6 nitrogen and oxygen atoms in total. The molecule has 0 bridgehead atoms. The quantitative estimate of drug-likeness (QED) is 0.365. The van der Waals surface area contributed by atoms with Gasteiger partial charge in [-0.2, -0.15) is 0 Å². The van der Waals surface area contributed by atoms with E-state index in [1.54, 1.807) is 18.2 Å². The third-order valence-electron chi connectivity index (χ3n) is 2.63. The summed E-state index contributed by atoms with van der Waals surface area (Å²) in [5.74, 6) is 0.271. The van der Waals surface area contributed by atoms with Gasteiger partial charge in [-0.05, 0) is 36.8 Å². The van der Waals surface area contributed by atoms with Crippen molar-refractivity contribution in [2.45, 2.75) is 6.92 Å². The molecule has 0 aromatic heterocycles. The average Bonchev–Trinajstić information content (AvgIpc) is 2.45. The summed E-state index contributed by atoms with van der Waals surface area (Å²) < 4.78 is 10.3. The minimum absolute atomic E-state index is 0.0373. The van der Waals surface area contributed by atoms with Crippen LogP contribution in [0.15, 0.2) is 48.5 Å². The van der Waals surface area contributed by atoms with E-state index in [0.29, 0.717) is 11.5 Å². The maximum absolute atomic E-state index is 11.6. The molecule has 2 aromatic rings. The Kier molecular flexibility index (Phi) is 4.50. The number of rotatable bonds is 5. The van der Waals surface area contributed by atoms with Crippen LogP contribution in [-0.2, 0) is 4.79 Å². The molecule has 0 heterocycles. The van der Waals surface area contributed by atoms with E-state index in [4.69, 9.17) is 9.47 Å². The van der Waals surface area contributed by atoms with Gasteiger partial charge >= 0.3 is 5.97 Å². The number of hydrogen-bond donors (Lipinski definition) is 0. The lowest BCUT2D eigenvalue weighted by Gasteiger charge is -2.07. The third kappa shape index (κ3) is 4.31. The fourth-order valence-electron chi connectivity index (χ4n) is 1.65. The van der Waals surface area contributed by atoms with Crippen LogP contribution in [0.3, 0.4) is 0 Å². The van der Waals surface area contributed by atoms with Crippen LogP contribution in [0.5, 0.6) is 11.5 Å². The molecular formula is C15H13NO5. The molecule has 0 aliphatic rings. The van der Waals surface area contributed by atoms with E-state index in [1.807, 2.05) is 13.0 Å². The summed E-state index contributed by atoms with van der Waals surface area (Å²) in [6.45, 7) is 1.62. The molecule has 2 aromatic carbocycles. The number of carbonyl (C=O) groups excluding carboxylic acids is 1. The number of nitro benzene ring substituents is 1. The summed E-state index contributed by atoms with van der Waals surface area (Å²) in [6.07, 6.45) is 0. The van der Waals surface area contributed by atoms with E-state index in [1.165, 1.54) is 24.3 Å². The normalized spacial score (nSPS) is 9.95. The fourth-order valence-corrected chi connectivity index (χ4v) is 1.65. The van der Waals surface area contributed by atoms with Gasteiger partial charge in [0.1, 0.15) is 11.5 Å². The largest absolute Gasteiger partial charge is 0.482 e. The minimum Gasteiger partial charge on any atom is -0.482 e. The Morgan fingerprint density at radius 3 is 2.48 bits per heavy atom. The zero-order valence-corrected chi connectivity index (χ0v) is 11.3. The van der Waals surface area contributed by atoms with Crippen molar-refractivity contribution in [3.05, 3.63) is 64.2 Å². The summed E-state index contributed by atoms with van der Waals surface area (Å²) in [4.78, 5) is 21.6. The molecule has 0 aliphatic heterocycles. The van der Waals surface area contributed by atoms with Crippen LogP contribution in [0.2, 0.25) is 0 Å². The van der Waals surface area contributed by atoms with E-state index < -0.39 is 10.9 Å². The van der Waals surface area contributed by atoms with Gasteiger partial charge in [0.25, 0.3) is 5.69 Å². The van der Waals surface area contributed by atoms with Gasteiger partial charge in [-0.1, -0.05) is 12.1 Å². The van der Waals surface area contributed by atoms with Crippen molar-refractivity contribution in [1.82, 2.24) is 0 Å². The topological polar surface area (TPSA) is 78.7 Å². The van der Waals surface area contributed by atoms with Crippen LogP contribution in [0.25, 0.3) is 0 Å². The Labute approximate surface area is 121 Å². The molecule has 0 amide bonds. The van der Waals surface area contributed by atoms with E-state index in [0.717, 1.165) is 5.56 Å². The molecule has 21 heavy (non-hydrogen) atoms. The van der Waals surface area contributed by atoms with E-state index in [2.05, 4.69) is 0 Å². The number of nitrogens with zero attached hydrogens (tertiary/aromatic N) is 1. The number of non-ortho nitro benzene ring substituents is 1. The van der Waals surface area contributed by atoms with Crippen molar-refractivity contribution in [2.24, 2.45) is 0 Å². The molecule has 0 unspecified atom stereocenters. The van der Waals surface area contributed by atoms with Crippen LogP contribution < -0.4 is 9.47 Å². The minimum atomic E-state index is -0.543. The first kappa shape index (κ1) is 14.5. The van der Waals surface area contributed by atoms with Crippen LogP contribution in [0, 0.1) is 17.0 Å². The molecule has 0 saturated carbocycles. The molecule has 0 radical (unpaired) electrons. The second kappa shape index (κ2) is 6.51. The number of benzene rings is 2. The lowest BCUT2D eigenvalue weighted by Crippen LogP contribution is -2.17. The van der Waals surface area contributed by atoms with Crippen LogP contribution in [0.1, 0.15) is 5.56 Å². The first-order chi connectivity index (χ1) is 10.0. The highest BCUT2D eigenvalue weighted by atomic mass is 16.6. The van der Waals surface area contributed by atoms with E-state index in [9.17, 15) is 14.9 Å². The van der Waals surface area contributed by atoms with Gasteiger partial charge in [-0.15, -0.1) is 0 Å². The van der Waals surface area contributed by atoms with Gasteiger partial charge in [0.05, 0.1) is 4.92 Å². The summed E-state index contributed by atoms with van der Waals surface area (Å²) in [5, 5.41) is 10.5. The van der Waals surface area contributed by atoms with Crippen molar-refractivity contribution < 1.29 is 19.2 Å². The number of esters is 1. The fraction of sp³-hybridized carbons (Fsp3) is 0.133. The smallest absolute Gasteiger partial charge is 0.349 e. The Bertz CT molecular complexity index is 651. The highest BCUT2D eigenvalue weighted by Gasteiger charge is 2.08. The molecule has 2 rings (SSSR count). The number of aryl methyl sites for hydroxylation is 1. The van der Waals surface area contributed by atoms with Gasteiger partial charge in [0.2, 0.25) is 0 Å². The number of carbonyl (C=O) groups is 1. The zero-order valence-electron chi connectivity index (χ0n) is 11.3. The number of nitro groups is 1. The van der Waals surface area contributed by atoms with Gasteiger partial charge in [0.15, 0.2) is 6.61 Å². The molecule has 108 valence electrons. The van der Waals surface area contributed by atoms with Gasteiger partial charge in [-0.3, -0.25) is 10.1 Å². The lowest BCUT2D eigenvalue weighted by molar-refractivity contribution is -0.384. The van der Waals surface area contributed by atoms with Gasteiger partial charge in [0, 0.05) is 12.1 Å². The van der Waals surface area contributed by atoms with Crippen LogP contribution in [-0.4, -0.2) is 17.5 Å². The highest BCUT2D eigenvalue weighted by molar-refractivity contribution is 5.74. The summed E-state index contributed by atoms with van der Waals surface area (Å²) >= 11 is 0. The van der Waals surface area contributed by atoms with Gasteiger partial charge in [-0.25, -0.2) is 4.79 Å². The van der Waals surface area contributed by atoms with Crippen molar-refractivity contribution in [3.63, 3.8) is 0 Å². The van der Waals surface area contributed by atoms with Crippen molar-refractivity contribution in [2.75, 3.05) is 6.61 Å².